The van der Waals surface area contributed by atoms with Crippen molar-refractivity contribution in [3.63, 3.8) is 0 Å². The Kier molecular flexibility index (Phi) is 8.06. The molecule has 0 heteroatoms. The molecule has 0 nitrogen and oxygen atoms in total. The van der Waals surface area contributed by atoms with Crippen LogP contribution in [-0.4, -0.2) is 0 Å². The van der Waals surface area contributed by atoms with Crippen LogP contribution in [0.5, 0.6) is 0 Å². The van der Waals surface area contributed by atoms with Crippen molar-refractivity contribution in [3.8, 4) is 11.1 Å². The van der Waals surface area contributed by atoms with Crippen LogP contribution >= 0.6 is 0 Å². The largest absolute Gasteiger partial charge is 0.103 e. The summed E-state index contributed by atoms with van der Waals surface area (Å²) in [6.07, 6.45) is 18.7. The molecular formula is C31H42. The molecule has 4 unspecified atom stereocenters. The van der Waals surface area contributed by atoms with E-state index in [1.165, 1.54) is 80.9 Å². The molecule has 4 atom stereocenters. The molecule has 2 aliphatic rings. The molecule has 2 aliphatic carbocycles. The first-order valence-corrected chi connectivity index (χ1v) is 13.1. The van der Waals surface area contributed by atoms with E-state index in [9.17, 15) is 0 Å². The number of fused-ring (bicyclic) bond motifs is 1. The van der Waals surface area contributed by atoms with Gasteiger partial charge < -0.3 is 0 Å². The zero-order valence-electron chi connectivity index (χ0n) is 19.7. The van der Waals surface area contributed by atoms with Gasteiger partial charge in [0.05, 0.1) is 0 Å². The summed E-state index contributed by atoms with van der Waals surface area (Å²) in [5.41, 5.74) is 5.66. The van der Waals surface area contributed by atoms with Crippen LogP contribution in [0.4, 0.5) is 0 Å². The zero-order valence-corrected chi connectivity index (χ0v) is 19.7. The van der Waals surface area contributed by atoms with Crippen molar-refractivity contribution < 1.29 is 0 Å². The normalized spacial score (nSPS) is 25.7. The van der Waals surface area contributed by atoms with Crippen molar-refractivity contribution in [2.24, 2.45) is 17.8 Å². The van der Waals surface area contributed by atoms with Crippen LogP contribution in [0, 0.1) is 17.8 Å². The molecule has 0 heterocycles. The molecular weight excluding hydrogens is 372 g/mol. The summed E-state index contributed by atoms with van der Waals surface area (Å²) in [5.74, 6) is 3.83. The van der Waals surface area contributed by atoms with Gasteiger partial charge in [-0.3, -0.25) is 0 Å². The number of benzene rings is 2. The number of allylic oxidation sites excluding steroid dienone is 1. The Balaban J connectivity index is 1.32. The molecule has 0 bridgehead atoms. The van der Waals surface area contributed by atoms with Crippen molar-refractivity contribution in [3.05, 3.63) is 72.3 Å². The fraction of sp³-hybridized carbons (Fsp3) is 0.548. The van der Waals surface area contributed by atoms with E-state index in [1.54, 1.807) is 5.56 Å². The predicted octanol–water partition coefficient (Wildman–Crippen LogP) is 9.35. The van der Waals surface area contributed by atoms with Gasteiger partial charge in [-0.15, -0.1) is 6.58 Å². The molecule has 0 saturated heterocycles. The van der Waals surface area contributed by atoms with Crippen LogP contribution in [0.25, 0.3) is 11.1 Å². The van der Waals surface area contributed by atoms with Gasteiger partial charge in [0.1, 0.15) is 0 Å². The number of hydrogen-bond acceptors (Lipinski definition) is 0. The van der Waals surface area contributed by atoms with E-state index in [0.29, 0.717) is 0 Å². The molecule has 0 radical (unpaired) electrons. The third kappa shape index (κ3) is 5.91. The van der Waals surface area contributed by atoms with E-state index in [-0.39, 0.29) is 0 Å². The van der Waals surface area contributed by atoms with Crippen molar-refractivity contribution in [1.29, 1.82) is 0 Å². The maximum atomic E-state index is 3.83. The minimum Gasteiger partial charge on any atom is -0.103 e. The predicted molar refractivity (Wildman–Crippen MR) is 135 cm³/mol. The standard InChI is InChI=1S/C31H42/c1-3-5-7-9-25-12-15-31-23-30(21-20-29(31)22-25)28-18-16-27(17-19-28)26-13-10-24(11-14-26)8-6-4-2/h4,10-11,13-14,16-19,25,29-31H,2-3,5-9,12,15,20-23H2,1H3. The van der Waals surface area contributed by atoms with Crippen LogP contribution in [0.3, 0.4) is 0 Å². The quantitative estimate of drug-likeness (QED) is 0.283. The van der Waals surface area contributed by atoms with Gasteiger partial charge in [-0.2, -0.15) is 0 Å². The second-order valence-electron chi connectivity index (χ2n) is 10.4. The topological polar surface area (TPSA) is 0 Å². The number of unbranched alkanes of at least 4 members (excludes halogenated alkanes) is 2. The fourth-order valence-corrected chi connectivity index (χ4v) is 6.31. The summed E-state index contributed by atoms with van der Waals surface area (Å²) in [4.78, 5) is 0. The molecule has 2 aromatic rings. The number of rotatable bonds is 9. The molecule has 0 aromatic heterocycles. The van der Waals surface area contributed by atoms with E-state index in [0.717, 1.165) is 36.5 Å². The zero-order chi connectivity index (χ0) is 21.5. The summed E-state index contributed by atoms with van der Waals surface area (Å²) in [5, 5.41) is 0. The van der Waals surface area contributed by atoms with E-state index in [4.69, 9.17) is 0 Å². The van der Waals surface area contributed by atoms with Gasteiger partial charge in [0.15, 0.2) is 0 Å². The second kappa shape index (κ2) is 11.2. The second-order valence-corrected chi connectivity index (χ2v) is 10.4. The Hall–Kier alpha value is -1.82. The Morgan fingerprint density at radius 1 is 0.806 bits per heavy atom. The van der Waals surface area contributed by atoms with Crippen LogP contribution < -0.4 is 0 Å². The van der Waals surface area contributed by atoms with E-state index in [2.05, 4.69) is 62.0 Å². The molecule has 2 saturated carbocycles. The lowest BCUT2D eigenvalue weighted by Gasteiger charge is -2.42. The highest BCUT2D eigenvalue weighted by atomic mass is 14.4. The maximum absolute atomic E-state index is 3.83. The van der Waals surface area contributed by atoms with E-state index in [1.807, 2.05) is 6.08 Å². The summed E-state index contributed by atoms with van der Waals surface area (Å²) >= 11 is 0. The summed E-state index contributed by atoms with van der Waals surface area (Å²) in [6.45, 7) is 6.15. The third-order valence-corrected chi connectivity index (χ3v) is 8.24. The smallest absolute Gasteiger partial charge is 0.0159 e. The molecule has 31 heavy (non-hydrogen) atoms. The Morgan fingerprint density at radius 3 is 2.19 bits per heavy atom. The maximum Gasteiger partial charge on any atom is -0.0159 e. The van der Waals surface area contributed by atoms with E-state index >= 15 is 0 Å². The lowest BCUT2D eigenvalue weighted by atomic mass is 9.63. The highest BCUT2D eigenvalue weighted by Gasteiger charge is 2.35. The van der Waals surface area contributed by atoms with Gasteiger partial charge in [-0.1, -0.05) is 93.6 Å². The van der Waals surface area contributed by atoms with E-state index < -0.39 is 0 Å². The van der Waals surface area contributed by atoms with Crippen LogP contribution in [-0.2, 0) is 6.42 Å². The van der Waals surface area contributed by atoms with Crippen molar-refractivity contribution >= 4 is 0 Å². The first-order chi connectivity index (χ1) is 15.3. The Morgan fingerprint density at radius 2 is 1.48 bits per heavy atom. The van der Waals surface area contributed by atoms with Crippen molar-refractivity contribution in [2.75, 3.05) is 0 Å². The first kappa shape index (κ1) is 22.4. The molecule has 0 aliphatic heterocycles. The molecule has 0 amide bonds. The van der Waals surface area contributed by atoms with Gasteiger partial charge in [0, 0.05) is 0 Å². The number of hydrogen-bond donors (Lipinski definition) is 0. The SMILES string of the molecule is C=CCCc1ccc(-c2ccc(C3CCC4CC(CCCCC)CCC4C3)cc2)cc1. The van der Waals surface area contributed by atoms with Gasteiger partial charge >= 0.3 is 0 Å². The Bertz CT molecular complexity index is 797. The van der Waals surface area contributed by atoms with Gasteiger partial charge in [-0.05, 0) is 90.9 Å². The van der Waals surface area contributed by atoms with Crippen LogP contribution in [0.15, 0.2) is 61.2 Å². The van der Waals surface area contributed by atoms with Crippen LogP contribution in [0.1, 0.15) is 94.6 Å². The minimum atomic E-state index is 0.785. The molecule has 2 fully saturated rings. The monoisotopic (exact) mass is 414 g/mol. The average Bonchev–Trinajstić information content (AvgIpc) is 2.83. The summed E-state index contributed by atoms with van der Waals surface area (Å²) < 4.78 is 0. The molecule has 4 rings (SSSR count). The molecule has 0 N–H and O–H groups in total. The lowest BCUT2D eigenvalue weighted by molar-refractivity contribution is 0.113. The Labute approximate surface area is 191 Å². The highest BCUT2D eigenvalue weighted by Crippen LogP contribution is 2.48. The van der Waals surface area contributed by atoms with Gasteiger partial charge in [0.25, 0.3) is 0 Å². The van der Waals surface area contributed by atoms with Crippen molar-refractivity contribution in [1.82, 2.24) is 0 Å². The van der Waals surface area contributed by atoms with Crippen molar-refractivity contribution in [2.45, 2.75) is 89.9 Å². The highest BCUT2D eigenvalue weighted by molar-refractivity contribution is 5.64. The fourth-order valence-electron chi connectivity index (χ4n) is 6.31. The lowest BCUT2D eigenvalue weighted by Crippen LogP contribution is -2.30. The molecule has 166 valence electrons. The van der Waals surface area contributed by atoms with Gasteiger partial charge in [0.2, 0.25) is 0 Å². The molecule has 0 spiro atoms. The van der Waals surface area contributed by atoms with Crippen LogP contribution in [0.2, 0.25) is 0 Å². The van der Waals surface area contributed by atoms with Gasteiger partial charge in [-0.25, -0.2) is 0 Å². The number of aryl methyl sites for hydroxylation is 1. The minimum absolute atomic E-state index is 0.785. The average molecular weight is 415 g/mol. The summed E-state index contributed by atoms with van der Waals surface area (Å²) in [7, 11) is 0. The third-order valence-electron chi connectivity index (χ3n) is 8.24. The molecule has 2 aromatic carbocycles. The first-order valence-electron chi connectivity index (χ1n) is 13.1. The summed E-state index contributed by atoms with van der Waals surface area (Å²) in [6, 6.07) is 18.6.